The molecule has 122 valence electrons. The quantitative estimate of drug-likeness (QED) is 0.790. The molecule has 6 nitrogen and oxygen atoms in total. The highest BCUT2D eigenvalue weighted by Gasteiger charge is 2.23. The van der Waals surface area contributed by atoms with Gasteiger partial charge in [-0.15, -0.1) is 11.3 Å². The van der Waals surface area contributed by atoms with Crippen LogP contribution in [0.1, 0.15) is 17.4 Å². The van der Waals surface area contributed by atoms with Gasteiger partial charge in [-0.25, -0.2) is 9.78 Å². The molecule has 0 bridgehead atoms. The van der Waals surface area contributed by atoms with Crippen molar-refractivity contribution in [3.8, 4) is 10.6 Å². The smallest absolute Gasteiger partial charge is 0.358 e. The Morgan fingerprint density at radius 3 is 3.09 bits per heavy atom. The molecule has 1 aliphatic heterocycles. The summed E-state index contributed by atoms with van der Waals surface area (Å²) in [5, 5.41) is 6.34. The molecule has 0 saturated carbocycles. The fraction of sp³-hybridized carbons (Fsp3) is 0.400. The first-order chi connectivity index (χ1) is 11.1. The molecule has 0 radical (unpaired) electrons. The number of carbonyl (C=O) groups excluding carboxylic acids is 2. The molecule has 23 heavy (non-hydrogen) atoms. The molecular formula is C15H16N2O4S2. The molecule has 3 heterocycles. The monoisotopic (exact) mass is 352 g/mol. The Labute approximate surface area is 141 Å². The largest absolute Gasteiger partial charge is 0.451 e. The molecular weight excluding hydrogens is 336 g/mol. The van der Waals surface area contributed by atoms with E-state index in [1.165, 1.54) is 11.3 Å². The van der Waals surface area contributed by atoms with E-state index in [-0.39, 0.29) is 24.3 Å². The second-order valence-electron chi connectivity index (χ2n) is 5.15. The van der Waals surface area contributed by atoms with Crippen molar-refractivity contribution >= 4 is 34.6 Å². The standard InChI is InChI=1S/C15H16N2O4S2/c1-10-6-17(3-4-20-10)13(18)7-21-15(19)12-9-23-14(16-12)11-2-5-22-8-11/h2,5,8-10H,3-4,6-7H2,1H3. The van der Waals surface area contributed by atoms with Crippen molar-refractivity contribution < 1.29 is 19.1 Å². The Morgan fingerprint density at radius 1 is 1.48 bits per heavy atom. The summed E-state index contributed by atoms with van der Waals surface area (Å²) in [5.41, 5.74) is 1.22. The average molecular weight is 352 g/mol. The van der Waals surface area contributed by atoms with Crippen LogP contribution in [-0.2, 0) is 14.3 Å². The minimum atomic E-state index is -0.572. The minimum Gasteiger partial charge on any atom is -0.451 e. The fourth-order valence-electron chi connectivity index (χ4n) is 2.22. The van der Waals surface area contributed by atoms with Crippen LogP contribution in [0.2, 0.25) is 0 Å². The highest BCUT2D eigenvalue weighted by Crippen LogP contribution is 2.25. The molecule has 0 spiro atoms. The SMILES string of the molecule is CC1CN(C(=O)COC(=O)c2csc(-c3ccsc3)n2)CCO1. The molecule has 3 rings (SSSR count). The number of ether oxygens (including phenoxy) is 2. The number of carbonyl (C=O) groups is 2. The van der Waals surface area contributed by atoms with Gasteiger partial charge in [0.2, 0.25) is 0 Å². The number of nitrogens with zero attached hydrogens (tertiary/aromatic N) is 2. The van der Waals surface area contributed by atoms with Crippen LogP contribution in [-0.4, -0.2) is 54.2 Å². The molecule has 1 atom stereocenters. The lowest BCUT2D eigenvalue weighted by molar-refractivity contribution is -0.141. The van der Waals surface area contributed by atoms with E-state index in [0.717, 1.165) is 10.6 Å². The maximum absolute atomic E-state index is 12.0. The van der Waals surface area contributed by atoms with Crippen LogP contribution in [0.15, 0.2) is 22.2 Å². The normalized spacial score (nSPS) is 18.0. The molecule has 2 aromatic heterocycles. The fourth-order valence-corrected chi connectivity index (χ4v) is 3.73. The summed E-state index contributed by atoms with van der Waals surface area (Å²) < 4.78 is 10.5. The first-order valence-electron chi connectivity index (χ1n) is 7.18. The molecule has 0 N–H and O–H groups in total. The summed E-state index contributed by atoms with van der Waals surface area (Å²) in [7, 11) is 0. The maximum Gasteiger partial charge on any atom is 0.358 e. The van der Waals surface area contributed by atoms with E-state index in [1.54, 1.807) is 21.6 Å². The number of thiophene rings is 1. The van der Waals surface area contributed by atoms with E-state index in [2.05, 4.69) is 4.98 Å². The zero-order valence-electron chi connectivity index (χ0n) is 12.6. The van der Waals surface area contributed by atoms with Crippen molar-refractivity contribution in [1.82, 2.24) is 9.88 Å². The van der Waals surface area contributed by atoms with Gasteiger partial charge in [-0.05, 0) is 18.4 Å². The van der Waals surface area contributed by atoms with Crippen molar-refractivity contribution in [2.75, 3.05) is 26.3 Å². The molecule has 1 unspecified atom stereocenters. The minimum absolute atomic E-state index is 0.00936. The van der Waals surface area contributed by atoms with Gasteiger partial charge in [0.15, 0.2) is 12.3 Å². The lowest BCUT2D eigenvalue weighted by atomic mass is 10.3. The van der Waals surface area contributed by atoms with Crippen LogP contribution >= 0.6 is 22.7 Å². The Bertz CT molecular complexity index is 683. The zero-order chi connectivity index (χ0) is 16.2. The topological polar surface area (TPSA) is 68.7 Å². The summed E-state index contributed by atoms with van der Waals surface area (Å²) in [4.78, 5) is 30.0. The predicted molar refractivity (Wildman–Crippen MR) is 87.7 cm³/mol. The molecule has 1 saturated heterocycles. The number of rotatable bonds is 4. The first-order valence-corrected chi connectivity index (χ1v) is 9.00. The van der Waals surface area contributed by atoms with Crippen LogP contribution in [0.25, 0.3) is 10.6 Å². The van der Waals surface area contributed by atoms with Crippen LogP contribution in [0.4, 0.5) is 0 Å². The van der Waals surface area contributed by atoms with Crippen molar-refractivity contribution in [2.24, 2.45) is 0 Å². The zero-order valence-corrected chi connectivity index (χ0v) is 14.2. The lowest BCUT2D eigenvalue weighted by Gasteiger charge is -2.30. The second-order valence-corrected chi connectivity index (χ2v) is 6.79. The summed E-state index contributed by atoms with van der Waals surface area (Å²) >= 11 is 2.95. The van der Waals surface area contributed by atoms with Gasteiger partial charge in [0.05, 0.1) is 12.7 Å². The molecule has 8 heteroatoms. The molecule has 2 aromatic rings. The molecule has 1 aliphatic rings. The van der Waals surface area contributed by atoms with Gasteiger partial charge in [0.1, 0.15) is 5.01 Å². The van der Waals surface area contributed by atoms with Gasteiger partial charge >= 0.3 is 5.97 Å². The van der Waals surface area contributed by atoms with E-state index < -0.39 is 5.97 Å². The summed E-state index contributed by atoms with van der Waals surface area (Å²) in [6.07, 6.45) is 0.00936. The summed E-state index contributed by atoms with van der Waals surface area (Å²) in [6.45, 7) is 3.20. The average Bonchev–Trinajstić information content (AvgIpc) is 3.22. The van der Waals surface area contributed by atoms with Gasteiger partial charge < -0.3 is 14.4 Å². The van der Waals surface area contributed by atoms with Crippen molar-refractivity contribution in [2.45, 2.75) is 13.0 Å². The summed E-state index contributed by atoms with van der Waals surface area (Å²) in [6, 6.07) is 1.95. The Hall–Kier alpha value is -1.77. The Balaban J connectivity index is 1.54. The lowest BCUT2D eigenvalue weighted by Crippen LogP contribution is -2.46. The van der Waals surface area contributed by atoms with Crippen molar-refractivity contribution in [3.05, 3.63) is 27.9 Å². The third-order valence-corrected chi connectivity index (χ3v) is 4.98. The van der Waals surface area contributed by atoms with Gasteiger partial charge in [-0.2, -0.15) is 11.3 Å². The first kappa shape index (κ1) is 16.1. The number of amides is 1. The highest BCUT2D eigenvalue weighted by molar-refractivity contribution is 7.14. The van der Waals surface area contributed by atoms with Crippen molar-refractivity contribution in [1.29, 1.82) is 0 Å². The number of esters is 1. The number of hydrogen-bond acceptors (Lipinski definition) is 7. The Kier molecular flexibility index (Phi) is 5.04. The second kappa shape index (κ2) is 7.20. The van der Waals surface area contributed by atoms with E-state index in [1.807, 2.05) is 23.8 Å². The van der Waals surface area contributed by atoms with E-state index in [9.17, 15) is 9.59 Å². The number of thiazole rings is 1. The molecule has 1 fully saturated rings. The third-order valence-electron chi connectivity index (χ3n) is 3.40. The van der Waals surface area contributed by atoms with Crippen LogP contribution in [0, 0.1) is 0 Å². The van der Waals surface area contributed by atoms with Gasteiger partial charge in [-0.1, -0.05) is 0 Å². The number of morpholine rings is 1. The number of hydrogen-bond donors (Lipinski definition) is 0. The summed E-state index contributed by atoms with van der Waals surface area (Å²) in [5.74, 6) is -0.779. The van der Waals surface area contributed by atoms with Crippen LogP contribution in [0.3, 0.4) is 0 Å². The third kappa shape index (κ3) is 3.95. The molecule has 0 aliphatic carbocycles. The van der Waals surface area contributed by atoms with E-state index in [0.29, 0.717) is 19.7 Å². The molecule has 0 aromatic carbocycles. The van der Waals surface area contributed by atoms with Gasteiger partial charge in [0, 0.05) is 29.4 Å². The van der Waals surface area contributed by atoms with Crippen LogP contribution < -0.4 is 0 Å². The predicted octanol–water partition coefficient (Wildman–Crippen LogP) is 2.28. The highest BCUT2D eigenvalue weighted by atomic mass is 32.1. The van der Waals surface area contributed by atoms with E-state index >= 15 is 0 Å². The van der Waals surface area contributed by atoms with E-state index in [4.69, 9.17) is 9.47 Å². The number of aromatic nitrogens is 1. The maximum atomic E-state index is 12.0. The van der Waals surface area contributed by atoms with Gasteiger partial charge in [-0.3, -0.25) is 4.79 Å². The van der Waals surface area contributed by atoms with Crippen molar-refractivity contribution in [3.63, 3.8) is 0 Å². The van der Waals surface area contributed by atoms with Gasteiger partial charge in [0.25, 0.3) is 5.91 Å². The molecule has 1 amide bonds. The Morgan fingerprint density at radius 2 is 2.35 bits per heavy atom. The van der Waals surface area contributed by atoms with Crippen LogP contribution in [0.5, 0.6) is 0 Å².